The zero-order valence-corrected chi connectivity index (χ0v) is 14.9. The first-order chi connectivity index (χ1) is 11.6. The van der Waals surface area contributed by atoms with Crippen molar-refractivity contribution in [1.82, 2.24) is 15.1 Å². The first kappa shape index (κ1) is 18.3. The van der Waals surface area contributed by atoms with Gasteiger partial charge in [-0.2, -0.15) is 0 Å². The molecule has 7 nitrogen and oxygen atoms in total. The lowest BCUT2D eigenvalue weighted by molar-refractivity contribution is 0.0972. The van der Waals surface area contributed by atoms with Gasteiger partial charge in [-0.25, -0.2) is 4.99 Å². The van der Waals surface area contributed by atoms with Gasteiger partial charge in [0.15, 0.2) is 11.7 Å². The maximum absolute atomic E-state index is 11.1. The third kappa shape index (κ3) is 4.50. The molecule has 0 radical (unpaired) electrons. The van der Waals surface area contributed by atoms with Gasteiger partial charge in [-0.1, -0.05) is 13.8 Å². The number of nitrogens with two attached hydrogens (primary N) is 1. The molecule has 0 bridgehead atoms. The Morgan fingerprint density at radius 2 is 2.17 bits per heavy atom. The zero-order valence-electron chi connectivity index (χ0n) is 14.9. The Morgan fingerprint density at radius 3 is 2.75 bits per heavy atom. The van der Waals surface area contributed by atoms with Gasteiger partial charge in [0.2, 0.25) is 0 Å². The van der Waals surface area contributed by atoms with E-state index in [9.17, 15) is 4.79 Å². The van der Waals surface area contributed by atoms with Crippen molar-refractivity contribution in [2.24, 2.45) is 10.7 Å². The van der Waals surface area contributed by atoms with Gasteiger partial charge in [0, 0.05) is 25.7 Å². The Bertz CT molecular complexity index is 565. The van der Waals surface area contributed by atoms with Crippen LogP contribution in [0.3, 0.4) is 0 Å². The van der Waals surface area contributed by atoms with E-state index in [0.29, 0.717) is 18.3 Å². The molecule has 1 unspecified atom stereocenters. The van der Waals surface area contributed by atoms with E-state index in [0.717, 1.165) is 45.1 Å². The average molecular weight is 335 g/mol. The molecule has 134 valence electrons. The van der Waals surface area contributed by atoms with Crippen molar-refractivity contribution in [2.75, 3.05) is 32.7 Å². The Labute approximate surface area is 143 Å². The number of likely N-dealkylation sites (tertiary alicyclic amines) is 1. The van der Waals surface area contributed by atoms with Crippen LogP contribution in [0.15, 0.2) is 21.5 Å². The molecule has 0 aromatic carbocycles. The molecular formula is C17H29N5O2. The summed E-state index contributed by atoms with van der Waals surface area (Å²) in [5, 5.41) is 3.34. The summed E-state index contributed by atoms with van der Waals surface area (Å²) >= 11 is 0. The normalized spacial score (nSPS) is 18.4. The average Bonchev–Trinajstić information content (AvgIpc) is 3.22. The maximum Gasteiger partial charge on any atom is 0.284 e. The summed E-state index contributed by atoms with van der Waals surface area (Å²) in [6.07, 6.45) is 1.15. The second kappa shape index (κ2) is 8.73. The number of primary amides is 1. The summed E-state index contributed by atoms with van der Waals surface area (Å²) < 4.78 is 5.39. The summed E-state index contributed by atoms with van der Waals surface area (Å²) in [6.45, 7) is 11.8. The Morgan fingerprint density at radius 1 is 1.42 bits per heavy atom. The van der Waals surface area contributed by atoms with Crippen molar-refractivity contribution in [3.8, 4) is 0 Å². The number of carbonyl (C=O) groups excluding carboxylic acids is 1. The van der Waals surface area contributed by atoms with Crippen molar-refractivity contribution in [1.29, 1.82) is 0 Å². The molecule has 1 aliphatic heterocycles. The van der Waals surface area contributed by atoms with Crippen LogP contribution in [0.2, 0.25) is 0 Å². The van der Waals surface area contributed by atoms with Gasteiger partial charge in [-0.3, -0.25) is 9.69 Å². The van der Waals surface area contributed by atoms with Crippen molar-refractivity contribution in [2.45, 2.75) is 39.8 Å². The van der Waals surface area contributed by atoms with Crippen LogP contribution in [0, 0.1) is 0 Å². The highest BCUT2D eigenvalue weighted by molar-refractivity contribution is 5.89. The lowest BCUT2D eigenvalue weighted by Crippen LogP contribution is -2.43. The number of furan rings is 1. The first-order valence-electron chi connectivity index (χ1n) is 8.74. The number of hydrogen-bond acceptors (Lipinski definition) is 4. The fourth-order valence-corrected chi connectivity index (χ4v) is 3.15. The van der Waals surface area contributed by atoms with Crippen LogP contribution in [-0.4, -0.2) is 60.4 Å². The molecule has 24 heavy (non-hydrogen) atoms. The Kier molecular flexibility index (Phi) is 6.66. The van der Waals surface area contributed by atoms with E-state index in [1.807, 2.05) is 0 Å². The van der Waals surface area contributed by atoms with Crippen molar-refractivity contribution in [3.63, 3.8) is 0 Å². The molecule has 1 aliphatic rings. The van der Waals surface area contributed by atoms with Crippen LogP contribution in [0.5, 0.6) is 0 Å². The first-order valence-corrected chi connectivity index (χ1v) is 8.74. The van der Waals surface area contributed by atoms with Crippen LogP contribution < -0.4 is 11.1 Å². The third-order valence-electron chi connectivity index (χ3n) is 4.42. The molecule has 1 amide bonds. The van der Waals surface area contributed by atoms with E-state index in [1.165, 1.54) is 0 Å². The predicted octanol–water partition coefficient (Wildman–Crippen LogP) is 1.26. The predicted molar refractivity (Wildman–Crippen MR) is 94.9 cm³/mol. The number of likely N-dealkylation sites (N-methyl/N-ethyl adjacent to an activating group) is 1. The molecule has 0 aliphatic carbocycles. The summed E-state index contributed by atoms with van der Waals surface area (Å²) in [6, 6.07) is 3.91. The van der Waals surface area contributed by atoms with Crippen LogP contribution in [-0.2, 0) is 6.54 Å². The molecule has 1 fully saturated rings. The summed E-state index contributed by atoms with van der Waals surface area (Å²) in [7, 11) is 0. The smallest absolute Gasteiger partial charge is 0.284 e. The molecule has 0 spiro atoms. The summed E-state index contributed by atoms with van der Waals surface area (Å²) in [5.41, 5.74) is 5.21. The second-order valence-corrected chi connectivity index (χ2v) is 5.91. The van der Waals surface area contributed by atoms with E-state index in [2.05, 4.69) is 40.9 Å². The van der Waals surface area contributed by atoms with E-state index in [-0.39, 0.29) is 5.76 Å². The largest absolute Gasteiger partial charge is 0.454 e. The quantitative estimate of drug-likeness (QED) is 0.579. The van der Waals surface area contributed by atoms with Gasteiger partial charge in [-0.05, 0) is 38.6 Å². The fourth-order valence-electron chi connectivity index (χ4n) is 3.15. The maximum atomic E-state index is 11.1. The molecule has 1 aromatic heterocycles. The minimum absolute atomic E-state index is 0.174. The molecule has 0 saturated carbocycles. The highest BCUT2D eigenvalue weighted by Gasteiger charge is 2.28. The number of guanidine groups is 1. The topological polar surface area (TPSA) is 87.1 Å². The van der Waals surface area contributed by atoms with Gasteiger partial charge in [-0.15, -0.1) is 0 Å². The molecule has 3 N–H and O–H groups in total. The molecular weight excluding hydrogens is 306 g/mol. The van der Waals surface area contributed by atoms with E-state index >= 15 is 0 Å². The number of rotatable bonds is 7. The molecule has 1 saturated heterocycles. The van der Waals surface area contributed by atoms with Crippen LogP contribution >= 0.6 is 0 Å². The SMILES string of the molecule is CCNC(=NCc1ccc(C(N)=O)o1)N1CCC(N(CC)CC)C1. The summed E-state index contributed by atoms with van der Waals surface area (Å²) in [4.78, 5) is 20.5. The van der Waals surface area contributed by atoms with Gasteiger partial charge in [0.25, 0.3) is 5.91 Å². The number of carbonyl (C=O) groups is 1. The van der Waals surface area contributed by atoms with Gasteiger partial charge >= 0.3 is 0 Å². The monoisotopic (exact) mass is 335 g/mol. The number of hydrogen-bond donors (Lipinski definition) is 2. The number of aliphatic imine (C=N–C) groups is 1. The molecule has 2 heterocycles. The molecule has 2 rings (SSSR count). The van der Waals surface area contributed by atoms with Crippen molar-refractivity contribution in [3.05, 3.63) is 23.7 Å². The lowest BCUT2D eigenvalue weighted by atomic mass is 10.2. The van der Waals surface area contributed by atoms with E-state index < -0.39 is 5.91 Å². The Hall–Kier alpha value is -2.02. The minimum atomic E-state index is -0.557. The summed E-state index contributed by atoms with van der Waals surface area (Å²) in [5.74, 6) is 1.15. The highest BCUT2D eigenvalue weighted by atomic mass is 16.3. The second-order valence-electron chi connectivity index (χ2n) is 5.91. The standard InChI is InChI=1S/C17H29N5O2/c1-4-19-17(20-11-14-7-8-15(24-14)16(18)23)22-10-9-13(12-22)21(5-2)6-3/h7-8,13H,4-6,9-12H2,1-3H3,(H2,18,23)(H,19,20). The van der Waals surface area contributed by atoms with E-state index in [4.69, 9.17) is 10.2 Å². The lowest BCUT2D eigenvalue weighted by Gasteiger charge is -2.27. The van der Waals surface area contributed by atoms with Gasteiger partial charge in [0.05, 0.1) is 0 Å². The highest BCUT2D eigenvalue weighted by Crippen LogP contribution is 2.16. The van der Waals surface area contributed by atoms with Crippen molar-refractivity contribution < 1.29 is 9.21 Å². The number of nitrogens with zero attached hydrogens (tertiary/aromatic N) is 3. The van der Waals surface area contributed by atoms with Crippen LogP contribution in [0.4, 0.5) is 0 Å². The van der Waals surface area contributed by atoms with Crippen LogP contribution in [0.1, 0.15) is 43.5 Å². The number of amides is 1. The third-order valence-corrected chi connectivity index (χ3v) is 4.42. The van der Waals surface area contributed by atoms with Gasteiger partial charge in [0.1, 0.15) is 12.3 Å². The number of nitrogens with one attached hydrogen (secondary N) is 1. The fraction of sp³-hybridized carbons (Fsp3) is 0.647. The Balaban J connectivity index is 2.01. The van der Waals surface area contributed by atoms with Crippen molar-refractivity contribution >= 4 is 11.9 Å². The van der Waals surface area contributed by atoms with E-state index in [1.54, 1.807) is 12.1 Å². The molecule has 1 aromatic rings. The zero-order chi connectivity index (χ0) is 17.5. The molecule has 7 heteroatoms. The minimum Gasteiger partial charge on any atom is -0.454 e. The van der Waals surface area contributed by atoms with Crippen LogP contribution in [0.25, 0.3) is 0 Å². The van der Waals surface area contributed by atoms with Gasteiger partial charge < -0.3 is 20.4 Å². The molecule has 1 atom stereocenters.